The third-order valence-corrected chi connectivity index (χ3v) is 4.42. The zero-order valence-electron chi connectivity index (χ0n) is 12.6. The van der Waals surface area contributed by atoms with Gasteiger partial charge in [-0.3, -0.25) is 15.0 Å². The van der Waals surface area contributed by atoms with Crippen molar-refractivity contribution in [1.29, 1.82) is 0 Å². The molecule has 0 amide bonds. The Kier molecular flexibility index (Phi) is 3.41. The van der Waals surface area contributed by atoms with Gasteiger partial charge in [-0.05, 0) is 53.5 Å². The quantitative estimate of drug-likeness (QED) is 0.734. The molecule has 1 atom stereocenters. The molecule has 0 saturated carbocycles. The van der Waals surface area contributed by atoms with Crippen LogP contribution in [-0.2, 0) is 0 Å². The highest BCUT2D eigenvalue weighted by Crippen LogP contribution is 2.39. The summed E-state index contributed by atoms with van der Waals surface area (Å²) in [5, 5.41) is 5.50. The van der Waals surface area contributed by atoms with Gasteiger partial charge < -0.3 is 0 Å². The molecule has 0 spiro atoms. The molecule has 2 N–H and O–H groups in total. The molecule has 24 heavy (non-hydrogen) atoms. The van der Waals surface area contributed by atoms with Crippen molar-refractivity contribution in [1.82, 2.24) is 10.2 Å². The van der Waals surface area contributed by atoms with Gasteiger partial charge in [0.15, 0.2) is 0 Å². The lowest BCUT2D eigenvalue weighted by atomic mass is 9.80. The molecule has 0 bridgehead atoms. The van der Waals surface area contributed by atoms with E-state index in [0.29, 0.717) is 17.7 Å². The van der Waals surface area contributed by atoms with E-state index in [9.17, 15) is 13.6 Å². The Morgan fingerprint density at radius 3 is 2.17 bits per heavy atom. The van der Waals surface area contributed by atoms with Crippen LogP contribution in [-0.4, -0.2) is 10.2 Å². The summed E-state index contributed by atoms with van der Waals surface area (Å²) < 4.78 is 26.4. The fourth-order valence-electron chi connectivity index (χ4n) is 3.24. The summed E-state index contributed by atoms with van der Waals surface area (Å²) in [5.74, 6) is -0.784. The lowest BCUT2D eigenvalue weighted by Crippen LogP contribution is -2.16. The van der Waals surface area contributed by atoms with Crippen molar-refractivity contribution in [3.63, 3.8) is 0 Å². The zero-order chi connectivity index (χ0) is 16.7. The number of H-pyrrole nitrogens is 2. The number of allylic oxidation sites excluding steroid dienone is 1. The minimum absolute atomic E-state index is 0.172. The number of benzene rings is 2. The topological polar surface area (TPSA) is 48.6 Å². The van der Waals surface area contributed by atoms with E-state index >= 15 is 0 Å². The predicted molar refractivity (Wildman–Crippen MR) is 88.5 cm³/mol. The van der Waals surface area contributed by atoms with Gasteiger partial charge in [0.05, 0.1) is 11.3 Å². The lowest BCUT2D eigenvalue weighted by Gasteiger charge is -2.23. The highest BCUT2D eigenvalue weighted by molar-refractivity contribution is 5.84. The van der Waals surface area contributed by atoms with Gasteiger partial charge in [-0.15, -0.1) is 0 Å². The van der Waals surface area contributed by atoms with Crippen molar-refractivity contribution in [3.05, 3.63) is 92.9 Å². The molecule has 0 saturated heterocycles. The second-order valence-corrected chi connectivity index (χ2v) is 5.89. The summed E-state index contributed by atoms with van der Waals surface area (Å²) in [7, 11) is 0. The van der Waals surface area contributed by atoms with Crippen molar-refractivity contribution >= 4 is 11.6 Å². The second-order valence-electron chi connectivity index (χ2n) is 5.89. The highest BCUT2D eigenvalue weighted by Gasteiger charge is 2.27. The molecule has 1 aromatic heterocycles. The van der Waals surface area contributed by atoms with Crippen molar-refractivity contribution in [2.75, 3.05) is 0 Å². The van der Waals surface area contributed by atoms with Crippen LogP contribution in [0.5, 0.6) is 0 Å². The molecular formula is C19H14F2N2O. The van der Waals surface area contributed by atoms with E-state index in [1.54, 1.807) is 24.3 Å². The Labute approximate surface area is 136 Å². The fraction of sp³-hybridized carbons (Fsp3) is 0.105. The number of nitrogens with one attached hydrogen (secondary N) is 2. The summed E-state index contributed by atoms with van der Waals surface area (Å²) in [6.45, 7) is 0. The number of aromatic nitrogens is 2. The summed E-state index contributed by atoms with van der Waals surface area (Å²) in [5.41, 5.74) is 3.94. The molecule has 0 radical (unpaired) electrons. The molecule has 5 heteroatoms. The summed E-state index contributed by atoms with van der Waals surface area (Å²) in [6.07, 6.45) is 2.49. The maximum Gasteiger partial charge on any atom is 0.268 e. The van der Waals surface area contributed by atoms with Gasteiger partial charge in [-0.2, -0.15) is 0 Å². The number of aromatic amines is 2. The molecule has 2 aromatic carbocycles. The first-order chi connectivity index (χ1) is 11.6. The molecule has 0 aliphatic heterocycles. The highest BCUT2D eigenvalue weighted by atomic mass is 19.1. The van der Waals surface area contributed by atoms with E-state index in [0.717, 1.165) is 16.7 Å². The van der Waals surface area contributed by atoms with Crippen molar-refractivity contribution in [3.8, 4) is 0 Å². The number of fused-ring (bicyclic) bond motifs is 1. The maximum atomic E-state index is 13.2. The van der Waals surface area contributed by atoms with Crippen LogP contribution < -0.4 is 5.56 Å². The third-order valence-electron chi connectivity index (χ3n) is 4.42. The standard InChI is InChI=1S/C19H14F2N2O/c20-14-5-1-11(2-6-14)13-9-16(12-3-7-15(21)8-4-12)18-17(10-13)22-23-19(18)24/h1-8,10,16H,9H2,(H2,22,23,24). The minimum atomic E-state index is -0.313. The lowest BCUT2D eigenvalue weighted by molar-refractivity contribution is 0.626. The van der Waals surface area contributed by atoms with E-state index in [1.807, 2.05) is 6.08 Å². The summed E-state index contributed by atoms with van der Waals surface area (Å²) in [4.78, 5) is 12.2. The van der Waals surface area contributed by atoms with E-state index in [1.165, 1.54) is 24.3 Å². The van der Waals surface area contributed by atoms with Crippen molar-refractivity contribution < 1.29 is 8.78 Å². The van der Waals surface area contributed by atoms with Crippen LogP contribution in [0.15, 0.2) is 53.3 Å². The molecule has 4 rings (SSSR count). The predicted octanol–water partition coefficient (Wildman–Crippen LogP) is 4.06. The van der Waals surface area contributed by atoms with Crippen LogP contribution >= 0.6 is 0 Å². The molecule has 1 aliphatic rings. The monoisotopic (exact) mass is 324 g/mol. The van der Waals surface area contributed by atoms with Gasteiger partial charge in [0.25, 0.3) is 5.56 Å². The average molecular weight is 324 g/mol. The Morgan fingerprint density at radius 1 is 0.875 bits per heavy atom. The van der Waals surface area contributed by atoms with Gasteiger partial charge in [0.1, 0.15) is 11.6 Å². The Balaban J connectivity index is 1.82. The van der Waals surface area contributed by atoms with E-state index < -0.39 is 0 Å². The maximum absolute atomic E-state index is 13.2. The minimum Gasteiger partial charge on any atom is -0.298 e. The first-order valence-corrected chi connectivity index (χ1v) is 7.64. The Morgan fingerprint density at radius 2 is 1.50 bits per heavy atom. The number of rotatable bonds is 2. The fourth-order valence-corrected chi connectivity index (χ4v) is 3.24. The third kappa shape index (κ3) is 2.48. The van der Waals surface area contributed by atoms with Crippen LogP contribution in [0.2, 0.25) is 0 Å². The van der Waals surface area contributed by atoms with Gasteiger partial charge in [0, 0.05) is 5.92 Å². The molecule has 1 heterocycles. The average Bonchev–Trinajstić information content (AvgIpc) is 2.97. The van der Waals surface area contributed by atoms with Crippen LogP contribution in [0.1, 0.15) is 34.7 Å². The van der Waals surface area contributed by atoms with E-state index in [-0.39, 0.29) is 23.1 Å². The number of hydrogen-bond donors (Lipinski definition) is 2. The normalized spacial score (nSPS) is 16.6. The van der Waals surface area contributed by atoms with Crippen LogP contribution in [0.3, 0.4) is 0 Å². The Hall–Kier alpha value is -2.95. The SMILES string of the molecule is O=c1[nH][nH]c2c1C(c1ccc(F)cc1)CC(c1ccc(F)cc1)=C2. The number of halogens is 2. The van der Waals surface area contributed by atoms with E-state index in [2.05, 4.69) is 10.2 Å². The molecule has 3 nitrogen and oxygen atoms in total. The van der Waals surface area contributed by atoms with Gasteiger partial charge in [-0.1, -0.05) is 24.3 Å². The van der Waals surface area contributed by atoms with Gasteiger partial charge in [0.2, 0.25) is 0 Å². The van der Waals surface area contributed by atoms with Gasteiger partial charge >= 0.3 is 0 Å². The summed E-state index contributed by atoms with van der Waals surface area (Å²) in [6, 6.07) is 12.5. The first kappa shape index (κ1) is 14.6. The van der Waals surface area contributed by atoms with E-state index in [4.69, 9.17) is 0 Å². The molecular weight excluding hydrogens is 310 g/mol. The molecule has 0 fully saturated rings. The Bertz CT molecular complexity index is 966. The summed E-state index contributed by atoms with van der Waals surface area (Å²) >= 11 is 0. The molecule has 1 unspecified atom stereocenters. The van der Waals surface area contributed by atoms with Crippen LogP contribution in [0.4, 0.5) is 8.78 Å². The zero-order valence-corrected chi connectivity index (χ0v) is 12.6. The second kappa shape index (κ2) is 5.60. The molecule has 1 aliphatic carbocycles. The largest absolute Gasteiger partial charge is 0.298 e. The smallest absolute Gasteiger partial charge is 0.268 e. The van der Waals surface area contributed by atoms with Crippen molar-refractivity contribution in [2.45, 2.75) is 12.3 Å². The molecule has 120 valence electrons. The number of hydrogen-bond acceptors (Lipinski definition) is 1. The van der Waals surface area contributed by atoms with Gasteiger partial charge in [-0.25, -0.2) is 8.78 Å². The van der Waals surface area contributed by atoms with Crippen molar-refractivity contribution in [2.24, 2.45) is 0 Å². The van der Waals surface area contributed by atoms with Crippen LogP contribution in [0, 0.1) is 11.6 Å². The first-order valence-electron chi connectivity index (χ1n) is 7.64. The van der Waals surface area contributed by atoms with Crippen LogP contribution in [0.25, 0.3) is 11.6 Å². The molecule has 3 aromatic rings.